The van der Waals surface area contributed by atoms with Crippen molar-refractivity contribution in [2.75, 3.05) is 11.9 Å². The number of halogens is 2. The van der Waals surface area contributed by atoms with Crippen LogP contribution in [0.15, 0.2) is 48.0 Å². The summed E-state index contributed by atoms with van der Waals surface area (Å²) in [5.74, 6) is -0.665. The lowest BCUT2D eigenvalue weighted by atomic mass is 10.1. The number of amides is 1. The highest BCUT2D eigenvalue weighted by Crippen LogP contribution is 2.34. The van der Waals surface area contributed by atoms with E-state index in [-0.39, 0.29) is 17.8 Å². The standard InChI is InChI=1S/C20H18ClFN4OS/c21-18-8-3-13(10-23-18)11-26-9-1-2-17(26)16-12-28-20(24-16)25-19(27)14-4-6-15(22)7-5-14/h3-8,10,12,17H,1-2,9,11H2,(H,24,25,27)/t17-/m1/s1. The van der Waals surface area contributed by atoms with Gasteiger partial charge in [0.1, 0.15) is 11.0 Å². The van der Waals surface area contributed by atoms with E-state index in [0.29, 0.717) is 15.8 Å². The Morgan fingerprint density at radius 3 is 2.86 bits per heavy atom. The Kier molecular flexibility index (Phi) is 5.66. The van der Waals surface area contributed by atoms with Crippen LogP contribution in [0.1, 0.15) is 40.5 Å². The van der Waals surface area contributed by atoms with Crippen LogP contribution in [0.5, 0.6) is 0 Å². The first-order valence-corrected chi connectivity index (χ1v) is 10.2. The molecule has 0 bridgehead atoms. The predicted molar refractivity (Wildman–Crippen MR) is 108 cm³/mol. The Labute approximate surface area is 171 Å². The minimum Gasteiger partial charge on any atom is -0.298 e. The van der Waals surface area contributed by atoms with Crippen LogP contribution in [0, 0.1) is 5.82 Å². The summed E-state index contributed by atoms with van der Waals surface area (Å²) < 4.78 is 13.0. The summed E-state index contributed by atoms with van der Waals surface area (Å²) in [6, 6.07) is 9.45. The second-order valence-corrected chi connectivity index (χ2v) is 7.90. The van der Waals surface area contributed by atoms with Crippen molar-refractivity contribution in [2.24, 2.45) is 0 Å². The van der Waals surface area contributed by atoms with E-state index >= 15 is 0 Å². The van der Waals surface area contributed by atoms with Crippen LogP contribution >= 0.6 is 22.9 Å². The van der Waals surface area contributed by atoms with Crippen molar-refractivity contribution >= 4 is 34.0 Å². The van der Waals surface area contributed by atoms with Gasteiger partial charge in [-0.2, -0.15) is 0 Å². The highest BCUT2D eigenvalue weighted by molar-refractivity contribution is 7.14. The predicted octanol–water partition coefficient (Wildman–Crippen LogP) is 4.92. The van der Waals surface area contributed by atoms with Crippen molar-refractivity contribution < 1.29 is 9.18 Å². The molecule has 5 nitrogen and oxygen atoms in total. The lowest BCUT2D eigenvalue weighted by Gasteiger charge is -2.22. The third-order valence-electron chi connectivity index (χ3n) is 4.73. The van der Waals surface area contributed by atoms with Crippen LogP contribution in [0.4, 0.5) is 9.52 Å². The number of anilines is 1. The molecule has 3 heterocycles. The van der Waals surface area contributed by atoms with Crippen LogP contribution in [0.3, 0.4) is 0 Å². The maximum absolute atomic E-state index is 13.0. The van der Waals surface area contributed by atoms with Crippen LogP contribution < -0.4 is 5.32 Å². The van der Waals surface area contributed by atoms with Gasteiger partial charge in [-0.15, -0.1) is 11.3 Å². The number of nitrogens with zero attached hydrogens (tertiary/aromatic N) is 3. The number of hydrogen-bond acceptors (Lipinski definition) is 5. The molecule has 0 radical (unpaired) electrons. The summed E-state index contributed by atoms with van der Waals surface area (Å²) in [4.78, 5) is 23.4. The van der Waals surface area contributed by atoms with Gasteiger partial charge in [-0.05, 0) is 55.3 Å². The van der Waals surface area contributed by atoms with Gasteiger partial charge >= 0.3 is 0 Å². The van der Waals surface area contributed by atoms with Crippen LogP contribution in [0.2, 0.25) is 5.15 Å². The molecule has 0 unspecified atom stereocenters. The van der Waals surface area contributed by atoms with E-state index in [1.165, 1.54) is 35.6 Å². The van der Waals surface area contributed by atoms with Crippen LogP contribution in [-0.2, 0) is 6.54 Å². The molecule has 1 atom stereocenters. The monoisotopic (exact) mass is 416 g/mol. The molecule has 0 saturated carbocycles. The molecule has 3 aromatic rings. The number of hydrogen-bond donors (Lipinski definition) is 1. The second kappa shape index (κ2) is 8.34. The molecule has 0 spiro atoms. The number of pyridine rings is 1. The summed E-state index contributed by atoms with van der Waals surface area (Å²) in [6.45, 7) is 1.77. The Bertz CT molecular complexity index is 961. The van der Waals surface area contributed by atoms with E-state index < -0.39 is 0 Å². The quantitative estimate of drug-likeness (QED) is 0.600. The molecule has 1 amide bonds. The van der Waals surface area contributed by atoms with Crippen molar-refractivity contribution in [3.05, 3.63) is 75.8 Å². The van der Waals surface area contributed by atoms with Crippen LogP contribution in [-0.4, -0.2) is 27.3 Å². The van der Waals surface area contributed by atoms with Gasteiger partial charge in [-0.25, -0.2) is 14.4 Å². The molecule has 28 heavy (non-hydrogen) atoms. The zero-order valence-corrected chi connectivity index (χ0v) is 16.5. The molecule has 1 N–H and O–H groups in total. The van der Waals surface area contributed by atoms with Gasteiger partial charge in [-0.1, -0.05) is 17.7 Å². The van der Waals surface area contributed by atoms with E-state index in [4.69, 9.17) is 11.6 Å². The van der Waals surface area contributed by atoms with E-state index in [1.807, 2.05) is 11.4 Å². The van der Waals surface area contributed by atoms with E-state index in [2.05, 4.69) is 20.2 Å². The molecule has 1 aliphatic heterocycles. The number of carbonyl (C=O) groups is 1. The second-order valence-electron chi connectivity index (χ2n) is 6.66. The van der Waals surface area contributed by atoms with Gasteiger partial charge in [0.15, 0.2) is 5.13 Å². The summed E-state index contributed by atoms with van der Waals surface area (Å²) in [5, 5.41) is 5.82. The fraction of sp³-hybridized carbons (Fsp3) is 0.250. The van der Waals surface area contributed by atoms with E-state index in [9.17, 15) is 9.18 Å². The lowest BCUT2D eigenvalue weighted by molar-refractivity contribution is 0.102. The van der Waals surface area contributed by atoms with Gasteiger partial charge in [0.2, 0.25) is 0 Å². The third kappa shape index (κ3) is 4.38. The molecule has 0 aliphatic carbocycles. The Morgan fingerprint density at radius 2 is 2.11 bits per heavy atom. The Morgan fingerprint density at radius 1 is 1.29 bits per heavy atom. The number of aromatic nitrogens is 2. The summed E-state index contributed by atoms with van der Waals surface area (Å²) in [6.07, 6.45) is 3.92. The lowest BCUT2D eigenvalue weighted by Crippen LogP contribution is -2.23. The molecular formula is C20H18ClFN4OS. The van der Waals surface area contributed by atoms with Gasteiger partial charge in [0, 0.05) is 23.7 Å². The normalized spacial score (nSPS) is 17.0. The number of thiazole rings is 1. The van der Waals surface area contributed by atoms with Gasteiger partial charge in [0.25, 0.3) is 5.91 Å². The van der Waals surface area contributed by atoms with Crippen LogP contribution in [0.25, 0.3) is 0 Å². The highest BCUT2D eigenvalue weighted by Gasteiger charge is 2.28. The molecule has 4 rings (SSSR count). The zero-order chi connectivity index (χ0) is 19.5. The zero-order valence-electron chi connectivity index (χ0n) is 14.9. The molecule has 8 heteroatoms. The van der Waals surface area contributed by atoms with Crippen molar-refractivity contribution in [3.8, 4) is 0 Å². The Balaban J connectivity index is 1.43. The fourth-order valence-corrected chi connectivity index (χ4v) is 4.22. The molecule has 1 saturated heterocycles. The largest absolute Gasteiger partial charge is 0.298 e. The number of rotatable bonds is 5. The SMILES string of the molecule is O=C(Nc1nc([C@H]2CCCN2Cc2ccc(Cl)nc2)cs1)c1ccc(F)cc1. The number of carbonyl (C=O) groups excluding carboxylic acids is 1. The maximum atomic E-state index is 13.0. The smallest absolute Gasteiger partial charge is 0.257 e. The van der Waals surface area contributed by atoms with Gasteiger partial charge in [0.05, 0.1) is 11.7 Å². The van der Waals surface area contributed by atoms with Crippen molar-refractivity contribution in [1.82, 2.24) is 14.9 Å². The van der Waals surface area contributed by atoms with E-state index in [0.717, 1.165) is 37.2 Å². The molecule has 1 aromatic carbocycles. The number of benzene rings is 1. The Hall–Kier alpha value is -2.35. The van der Waals surface area contributed by atoms with E-state index in [1.54, 1.807) is 12.3 Å². The molecule has 144 valence electrons. The average Bonchev–Trinajstić information content (AvgIpc) is 3.33. The maximum Gasteiger partial charge on any atom is 0.257 e. The van der Waals surface area contributed by atoms with Crippen molar-refractivity contribution in [3.63, 3.8) is 0 Å². The summed E-state index contributed by atoms with van der Waals surface area (Å²) in [7, 11) is 0. The van der Waals surface area contributed by atoms with Crippen molar-refractivity contribution in [1.29, 1.82) is 0 Å². The first-order valence-electron chi connectivity index (χ1n) is 8.95. The topological polar surface area (TPSA) is 58.1 Å². The minimum absolute atomic E-state index is 0.211. The molecule has 1 fully saturated rings. The number of likely N-dealkylation sites (tertiary alicyclic amines) is 1. The van der Waals surface area contributed by atoms with Gasteiger partial charge < -0.3 is 0 Å². The van der Waals surface area contributed by atoms with Gasteiger partial charge in [-0.3, -0.25) is 15.0 Å². The summed E-state index contributed by atoms with van der Waals surface area (Å²) in [5.41, 5.74) is 2.46. The fourth-order valence-electron chi connectivity index (χ4n) is 3.35. The average molecular weight is 417 g/mol. The third-order valence-corrected chi connectivity index (χ3v) is 5.73. The summed E-state index contributed by atoms with van der Waals surface area (Å²) >= 11 is 7.26. The molecule has 2 aromatic heterocycles. The minimum atomic E-state index is -0.370. The highest BCUT2D eigenvalue weighted by atomic mass is 35.5. The molecular weight excluding hydrogens is 399 g/mol. The number of nitrogens with one attached hydrogen (secondary N) is 1. The first kappa shape index (κ1) is 19.0. The molecule has 1 aliphatic rings. The first-order chi connectivity index (χ1) is 13.6. The van der Waals surface area contributed by atoms with Crippen molar-refractivity contribution in [2.45, 2.75) is 25.4 Å².